The highest BCUT2D eigenvalue weighted by Gasteiger charge is 2.13. The molecule has 6 heteroatoms. The zero-order valence-corrected chi connectivity index (χ0v) is 18.0. The molecular formula is C25H27FN2O3. The van der Waals surface area contributed by atoms with Crippen LogP contribution >= 0.6 is 0 Å². The van der Waals surface area contributed by atoms with Gasteiger partial charge < -0.3 is 14.8 Å². The molecule has 2 aromatic carbocycles. The molecule has 1 N–H and O–H groups in total. The minimum Gasteiger partial charge on any atom is -0.457 e. The van der Waals surface area contributed by atoms with Crippen molar-refractivity contribution in [1.29, 1.82) is 0 Å². The van der Waals surface area contributed by atoms with Crippen LogP contribution in [0.4, 0.5) is 10.1 Å². The van der Waals surface area contributed by atoms with Crippen LogP contribution in [0.1, 0.15) is 42.0 Å². The van der Waals surface area contributed by atoms with Crippen molar-refractivity contribution in [3.05, 3.63) is 83.4 Å². The smallest absolute Gasteiger partial charge is 0.257 e. The summed E-state index contributed by atoms with van der Waals surface area (Å²) in [6.45, 7) is 6.66. The van der Waals surface area contributed by atoms with E-state index in [0.717, 1.165) is 18.7 Å². The first kappa shape index (κ1) is 22.4. The number of halogens is 1. The van der Waals surface area contributed by atoms with E-state index in [1.165, 1.54) is 12.1 Å². The second-order valence-electron chi connectivity index (χ2n) is 7.36. The molecule has 31 heavy (non-hydrogen) atoms. The normalized spacial score (nSPS) is 11.7. The Labute approximate surface area is 182 Å². The second-order valence-corrected chi connectivity index (χ2v) is 7.36. The molecule has 3 aromatic rings. The summed E-state index contributed by atoms with van der Waals surface area (Å²) in [7, 11) is 0. The Balaban J connectivity index is 1.59. The summed E-state index contributed by atoms with van der Waals surface area (Å²) in [5.74, 6) is 0.585. The number of aryl methyl sites for hydroxylation is 1. The summed E-state index contributed by atoms with van der Waals surface area (Å²) >= 11 is 0. The Morgan fingerprint density at radius 1 is 1.03 bits per heavy atom. The van der Waals surface area contributed by atoms with Gasteiger partial charge in [-0.05, 0) is 80.9 Å². The van der Waals surface area contributed by atoms with Gasteiger partial charge in [-0.15, -0.1) is 0 Å². The van der Waals surface area contributed by atoms with Crippen LogP contribution in [0.2, 0.25) is 0 Å². The van der Waals surface area contributed by atoms with Gasteiger partial charge >= 0.3 is 0 Å². The molecule has 1 heterocycles. The third-order valence-electron chi connectivity index (χ3n) is 4.65. The molecule has 162 valence electrons. The van der Waals surface area contributed by atoms with Crippen molar-refractivity contribution in [3.63, 3.8) is 0 Å². The van der Waals surface area contributed by atoms with Crippen molar-refractivity contribution < 1.29 is 18.7 Å². The van der Waals surface area contributed by atoms with Crippen LogP contribution in [-0.2, 0) is 11.2 Å². The number of hydrogen-bond donors (Lipinski definition) is 1. The maximum absolute atomic E-state index is 13.0. The lowest BCUT2D eigenvalue weighted by molar-refractivity contribution is 0.0663. The zero-order valence-electron chi connectivity index (χ0n) is 18.0. The lowest BCUT2D eigenvalue weighted by Gasteiger charge is -2.13. The van der Waals surface area contributed by atoms with E-state index >= 15 is 0 Å². The van der Waals surface area contributed by atoms with Gasteiger partial charge in [-0.2, -0.15) is 0 Å². The predicted octanol–water partition coefficient (Wildman–Crippen LogP) is 5.93. The number of hydrogen-bond acceptors (Lipinski definition) is 4. The number of ether oxygens (including phenoxy) is 2. The van der Waals surface area contributed by atoms with Crippen molar-refractivity contribution in [3.8, 4) is 11.5 Å². The van der Waals surface area contributed by atoms with E-state index in [9.17, 15) is 9.18 Å². The third-order valence-corrected chi connectivity index (χ3v) is 4.65. The van der Waals surface area contributed by atoms with E-state index in [2.05, 4.69) is 17.2 Å². The molecule has 0 aliphatic heterocycles. The first-order valence-electron chi connectivity index (χ1n) is 10.4. The molecule has 0 fully saturated rings. The molecule has 0 radical (unpaired) electrons. The number of aromatic nitrogens is 1. The first-order chi connectivity index (χ1) is 14.9. The summed E-state index contributed by atoms with van der Waals surface area (Å²) in [6, 6.07) is 16.4. The molecule has 5 nitrogen and oxygen atoms in total. The Morgan fingerprint density at radius 3 is 2.29 bits per heavy atom. The number of anilines is 1. The van der Waals surface area contributed by atoms with Gasteiger partial charge in [-0.3, -0.25) is 9.78 Å². The van der Waals surface area contributed by atoms with E-state index in [-0.39, 0.29) is 17.8 Å². The van der Waals surface area contributed by atoms with Gasteiger partial charge in [0, 0.05) is 24.4 Å². The lowest BCUT2D eigenvalue weighted by Crippen LogP contribution is -2.16. The fraction of sp³-hybridized carbons (Fsp3) is 0.280. The summed E-state index contributed by atoms with van der Waals surface area (Å²) in [6.07, 6.45) is 1.77. The fourth-order valence-corrected chi connectivity index (χ4v) is 3.08. The van der Waals surface area contributed by atoms with Crippen molar-refractivity contribution >= 4 is 11.6 Å². The monoisotopic (exact) mass is 422 g/mol. The van der Waals surface area contributed by atoms with Gasteiger partial charge in [0.1, 0.15) is 17.3 Å². The quantitative estimate of drug-likeness (QED) is 0.464. The minimum absolute atomic E-state index is 0.0853. The van der Waals surface area contributed by atoms with Gasteiger partial charge in [-0.25, -0.2) is 4.39 Å². The number of carbonyl (C=O) groups is 1. The minimum atomic E-state index is -0.317. The SMILES string of the molecule is CCCOC(C)Cc1ccc(C(=O)Nc2ccc(Oc3ccc(F)cc3)cc2)c(C)n1. The molecule has 0 aliphatic rings. The zero-order chi connectivity index (χ0) is 22.2. The summed E-state index contributed by atoms with van der Waals surface area (Å²) in [4.78, 5) is 17.2. The molecule has 0 saturated heterocycles. The van der Waals surface area contributed by atoms with E-state index in [0.29, 0.717) is 34.9 Å². The Bertz CT molecular complexity index is 1000. The van der Waals surface area contributed by atoms with Crippen molar-refractivity contribution in [1.82, 2.24) is 4.98 Å². The number of pyridine rings is 1. The number of benzene rings is 2. The highest BCUT2D eigenvalue weighted by atomic mass is 19.1. The van der Waals surface area contributed by atoms with Crippen LogP contribution in [0.5, 0.6) is 11.5 Å². The topological polar surface area (TPSA) is 60.5 Å². The average Bonchev–Trinajstić information content (AvgIpc) is 2.75. The molecular weight excluding hydrogens is 395 g/mol. The standard InChI is InChI=1S/C25H27FN2O3/c1-4-15-30-17(2)16-21-9-14-24(18(3)27-21)25(29)28-20-7-12-23(13-8-20)31-22-10-5-19(26)6-11-22/h5-14,17H,4,15-16H2,1-3H3,(H,28,29). The van der Waals surface area contributed by atoms with Gasteiger partial charge in [0.15, 0.2) is 0 Å². The van der Waals surface area contributed by atoms with Crippen molar-refractivity contribution in [2.45, 2.75) is 39.7 Å². The Hall–Kier alpha value is -3.25. The second kappa shape index (κ2) is 10.7. The molecule has 3 rings (SSSR count). The van der Waals surface area contributed by atoms with Crippen LogP contribution in [0, 0.1) is 12.7 Å². The number of nitrogens with one attached hydrogen (secondary N) is 1. The molecule has 1 atom stereocenters. The molecule has 0 spiro atoms. The van der Waals surface area contributed by atoms with Crippen LogP contribution in [0.25, 0.3) is 0 Å². The van der Waals surface area contributed by atoms with Gasteiger partial charge in [0.25, 0.3) is 5.91 Å². The molecule has 1 unspecified atom stereocenters. The summed E-state index contributed by atoms with van der Waals surface area (Å²) in [5, 5.41) is 2.88. The largest absolute Gasteiger partial charge is 0.457 e. The maximum atomic E-state index is 13.0. The summed E-state index contributed by atoms with van der Waals surface area (Å²) in [5.41, 5.74) is 2.74. The molecule has 1 aromatic heterocycles. The van der Waals surface area contributed by atoms with Crippen LogP contribution in [0.15, 0.2) is 60.7 Å². The number of carbonyl (C=O) groups excluding carboxylic acids is 1. The Kier molecular flexibility index (Phi) is 7.73. The molecule has 0 saturated carbocycles. The Morgan fingerprint density at radius 2 is 1.68 bits per heavy atom. The van der Waals surface area contributed by atoms with E-state index in [4.69, 9.17) is 9.47 Å². The molecule has 0 aliphatic carbocycles. The lowest BCUT2D eigenvalue weighted by atomic mass is 10.1. The number of rotatable bonds is 9. The third kappa shape index (κ3) is 6.62. The van der Waals surface area contributed by atoms with Crippen molar-refractivity contribution in [2.24, 2.45) is 0 Å². The van der Waals surface area contributed by atoms with Crippen LogP contribution in [0.3, 0.4) is 0 Å². The fourth-order valence-electron chi connectivity index (χ4n) is 3.08. The predicted molar refractivity (Wildman–Crippen MR) is 119 cm³/mol. The number of nitrogens with zero attached hydrogens (tertiary/aromatic N) is 1. The summed E-state index contributed by atoms with van der Waals surface area (Å²) < 4.78 is 24.3. The van der Waals surface area contributed by atoms with Crippen molar-refractivity contribution in [2.75, 3.05) is 11.9 Å². The maximum Gasteiger partial charge on any atom is 0.257 e. The van der Waals surface area contributed by atoms with E-state index in [1.54, 1.807) is 42.5 Å². The highest BCUT2D eigenvalue weighted by Crippen LogP contribution is 2.23. The van der Waals surface area contributed by atoms with Gasteiger partial charge in [0.05, 0.1) is 17.4 Å². The average molecular weight is 423 g/mol. The first-order valence-corrected chi connectivity index (χ1v) is 10.4. The van der Waals surface area contributed by atoms with Crippen LogP contribution < -0.4 is 10.1 Å². The molecule has 1 amide bonds. The van der Waals surface area contributed by atoms with Gasteiger partial charge in [-0.1, -0.05) is 6.92 Å². The number of amides is 1. The van der Waals surface area contributed by atoms with E-state index in [1.807, 2.05) is 19.9 Å². The van der Waals surface area contributed by atoms with Crippen LogP contribution in [-0.4, -0.2) is 23.6 Å². The van der Waals surface area contributed by atoms with Gasteiger partial charge in [0.2, 0.25) is 0 Å². The molecule has 0 bridgehead atoms. The van der Waals surface area contributed by atoms with E-state index < -0.39 is 0 Å². The highest BCUT2D eigenvalue weighted by molar-refractivity contribution is 6.05.